The van der Waals surface area contributed by atoms with Crippen LogP contribution in [0, 0.1) is 5.92 Å². The number of anilines is 1. The Morgan fingerprint density at radius 2 is 1.47 bits per heavy atom. The molecule has 1 saturated carbocycles. The second-order valence-corrected chi connectivity index (χ2v) is 6.89. The third kappa shape index (κ3) is 5.28. The molecule has 0 unspecified atom stereocenters. The maximum atomic E-state index is 12.7. The molecule has 0 heterocycles. The number of hydrogen-bond donors (Lipinski definition) is 3. The van der Waals surface area contributed by atoms with Gasteiger partial charge in [-0.25, -0.2) is 0 Å². The van der Waals surface area contributed by atoms with Gasteiger partial charge < -0.3 is 25.4 Å². The van der Waals surface area contributed by atoms with Gasteiger partial charge in [0.25, 0.3) is 11.8 Å². The van der Waals surface area contributed by atoms with Gasteiger partial charge in [-0.3, -0.25) is 14.4 Å². The summed E-state index contributed by atoms with van der Waals surface area (Å²) in [5.74, 6) is 0.372. The van der Waals surface area contributed by atoms with Gasteiger partial charge in [0.2, 0.25) is 5.91 Å². The van der Waals surface area contributed by atoms with Crippen LogP contribution in [0.15, 0.2) is 42.5 Å². The van der Waals surface area contributed by atoms with Crippen LogP contribution >= 0.6 is 0 Å². The predicted molar refractivity (Wildman–Crippen MR) is 112 cm³/mol. The molecule has 0 radical (unpaired) electrons. The maximum Gasteiger partial charge on any atom is 0.263 e. The van der Waals surface area contributed by atoms with Crippen molar-refractivity contribution >= 4 is 23.4 Å². The van der Waals surface area contributed by atoms with Crippen molar-refractivity contribution in [1.82, 2.24) is 10.6 Å². The minimum Gasteiger partial charge on any atom is -0.496 e. The zero-order chi connectivity index (χ0) is 21.5. The lowest BCUT2D eigenvalue weighted by molar-refractivity contribution is -0.122. The Labute approximate surface area is 174 Å². The second kappa shape index (κ2) is 9.78. The van der Waals surface area contributed by atoms with E-state index in [2.05, 4.69) is 16.0 Å². The fourth-order valence-corrected chi connectivity index (χ4v) is 2.93. The van der Waals surface area contributed by atoms with Crippen LogP contribution in [0.4, 0.5) is 5.69 Å². The number of nitrogens with one attached hydrogen (secondary N) is 3. The number of hydrogen-bond acceptors (Lipinski definition) is 5. The third-order valence-electron chi connectivity index (χ3n) is 4.72. The molecule has 1 fully saturated rings. The van der Waals surface area contributed by atoms with Crippen LogP contribution in [0.25, 0.3) is 0 Å². The van der Waals surface area contributed by atoms with Gasteiger partial charge in [-0.05, 0) is 49.2 Å². The highest BCUT2D eigenvalue weighted by Gasteiger charge is 2.29. The third-order valence-corrected chi connectivity index (χ3v) is 4.72. The highest BCUT2D eigenvalue weighted by Crippen LogP contribution is 2.29. The summed E-state index contributed by atoms with van der Waals surface area (Å²) in [6, 6.07) is 11.6. The molecular formula is C22H25N3O5. The SMILES string of the molecule is COc1cccc(OC)c1C(=O)Nc1ccc(C(=O)NCCNC(=O)C2CC2)cc1. The molecule has 3 amide bonds. The van der Waals surface area contributed by atoms with Crippen LogP contribution in [-0.4, -0.2) is 45.0 Å². The molecule has 0 aromatic heterocycles. The number of carbonyl (C=O) groups excluding carboxylic acids is 3. The van der Waals surface area contributed by atoms with Gasteiger partial charge in [0.15, 0.2) is 0 Å². The first-order chi connectivity index (χ1) is 14.5. The Morgan fingerprint density at radius 1 is 0.867 bits per heavy atom. The van der Waals surface area contributed by atoms with Crippen LogP contribution in [0.2, 0.25) is 0 Å². The highest BCUT2D eigenvalue weighted by atomic mass is 16.5. The number of carbonyl (C=O) groups is 3. The lowest BCUT2D eigenvalue weighted by atomic mass is 10.1. The molecular weight excluding hydrogens is 386 g/mol. The Hall–Kier alpha value is -3.55. The molecule has 158 valence electrons. The number of benzene rings is 2. The van der Waals surface area contributed by atoms with Crippen LogP contribution in [-0.2, 0) is 4.79 Å². The molecule has 30 heavy (non-hydrogen) atoms. The van der Waals surface area contributed by atoms with Gasteiger partial charge in [-0.15, -0.1) is 0 Å². The molecule has 2 aromatic carbocycles. The van der Waals surface area contributed by atoms with E-state index < -0.39 is 0 Å². The zero-order valence-corrected chi connectivity index (χ0v) is 17.0. The summed E-state index contributed by atoms with van der Waals surface area (Å²) < 4.78 is 10.5. The molecule has 0 spiro atoms. The molecule has 0 aliphatic heterocycles. The molecule has 8 heteroatoms. The summed E-state index contributed by atoms with van der Waals surface area (Å²) in [5.41, 5.74) is 1.27. The van der Waals surface area contributed by atoms with E-state index in [1.165, 1.54) is 14.2 Å². The topological polar surface area (TPSA) is 106 Å². The van der Waals surface area contributed by atoms with E-state index in [-0.39, 0.29) is 29.2 Å². The zero-order valence-electron chi connectivity index (χ0n) is 17.0. The fourth-order valence-electron chi connectivity index (χ4n) is 2.93. The summed E-state index contributed by atoms with van der Waals surface area (Å²) in [4.78, 5) is 36.5. The molecule has 0 bridgehead atoms. The predicted octanol–water partition coefficient (Wildman–Crippen LogP) is 2.21. The quantitative estimate of drug-likeness (QED) is 0.549. The first-order valence-corrected chi connectivity index (χ1v) is 9.71. The van der Waals surface area contributed by atoms with E-state index in [9.17, 15) is 14.4 Å². The van der Waals surface area contributed by atoms with Crippen molar-refractivity contribution in [3.63, 3.8) is 0 Å². The molecule has 0 atom stereocenters. The molecule has 2 aromatic rings. The van der Waals surface area contributed by atoms with Crippen LogP contribution in [0.3, 0.4) is 0 Å². The molecule has 0 saturated heterocycles. The van der Waals surface area contributed by atoms with E-state index in [0.717, 1.165) is 12.8 Å². The van der Waals surface area contributed by atoms with E-state index in [1.807, 2.05) is 0 Å². The van der Waals surface area contributed by atoms with Gasteiger partial charge in [0, 0.05) is 30.3 Å². The summed E-state index contributed by atoms with van der Waals surface area (Å²) in [7, 11) is 2.96. The first kappa shape index (κ1) is 21.2. The van der Waals surface area contributed by atoms with E-state index >= 15 is 0 Å². The Bertz CT molecular complexity index is 901. The second-order valence-electron chi connectivity index (χ2n) is 6.89. The van der Waals surface area contributed by atoms with Crippen molar-refractivity contribution in [3.8, 4) is 11.5 Å². The van der Waals surface area contributed by atoms with Crippen molar-refractivity contribution in [2.24, 2.45) is 5.92 Å². The van der Waals surface area contributed by atoms with Gasteiger partial charge >= 0.3 is 0 Å². The number of ether oxygens (including phenoxy) is 2. The minimum absolute atomic E-state index is 0.0519. The summed E-state index contributed by atoms with van der Waals surface area (Å²) in [6.07, 6.45) is 1.90. The minimum atomic E-state index is -0.382. The Kier molecular flexibility index (Phi) is 6.90. The van der Waals surface area contributed by atoms with Crippen molar-refractivity contribution in [3.05, 3.63) is 53.6 Å². The van der Waals surface area contributed by atoms with Crippen LogP contribution in [0.1, 0.15) is 33.6 Å². The van der Waals surface area contributed by atoms with Gasteiger partial charge in [-0.2, -0.15) is 0 Å². The maximum absolute atomic E-state index is 12.7. The smallest absolute Gasteiger partial charge is 0.263 e. The summed E-state index contributed by atoms with van der Waals surface area (Å²) in [5, 5.41) is 8.33. The van der Waals surface area contributed by atoms with Crippen molar-refractivity contribution in [1.29, 1.82) is 0 Å². The van der Waals surface area contributed by atoms with Gasteiger partial charge in [0.05, 0.1) is 14.2 Å². The number of rotatable bonds is 9. The molecule has 1 aliphatic carbocycles. The largest absolute Gasteiger partial charge is 0.496 e. The normalized spacial score (nSPS) is 12.6. The molecule has 3 rings (SSSR count). The van der Waals surface area contributed by atoms with Crippen molar-refractivity contribution in [2.75, 3.05) is 32.6 Å². The Morgan fingerprint density at radius 3 is 2.03 bits per heavy atom. The average molecular weight is 411 g/mol. The Balaban J connectivity index is 1.54. The first-order valence-electron chi connectivity index (χ1n) is 9.71. The molecule has 8 nitrogen and oxygen atoms in total. The van der Waals surface area contributed by atoms with Crippen LogP contribution < -0.4 is 25.4 Å². The highest BCUT2D eigenvalue weighted by molar-refractivity contribution is 6.08. The average Bonchev–Trinajstić information content (AvgIpc) is 3.61. The van der Waals surface area contributed by atoms with E-state index in [0.29, 0.717) is 35.8 Å². The van der Waals surface area contributed by atoms with Crippen molar-refractivity contribution < 1.29 is 23.9 Å². The monoisotopic (exact) mass is 411 g/mol. The van der Waals surface area contributed by atoms with Gasteiger partial charge in [-0.1, -0.05) is 6.07 Å². The standard InChI is InChI=1S/C22H25N3O5/c1-29-17-4-3-5-18(30-2)19(17)22(28)25-16-10-8-15(9-11-16)21(27)24-13-12-23-20(26)14-6-7-14/h3-5,8-11,14H,6-7,12-13H2,1-2H3,(H,23,26)(H,24,27)(H,25,28). The molecule has 3 N–H and O–H groups in total. The lowest BCUT2D eigenvalue weighted by Gasteiger charge is -2.13. The van der Waals surface area contributed by atoms with Crippen LogP contribution in [0.5, 0.6) is 11.5 Å². The van der Waals surface area contributed by atoms with Crippen molar-refractivity contribution in [2.45, 2.75) is 12.8 Å². The van der Waals surface area contributed by atoms with Gasteiger partial charge in [0.1, 0.15) is 17.1 Å². The number of amides is 3. The van der Waals surface area contributed by atoms with E-state index in [4.69, 9.17) is 9.47 Å². The number of methoxy groups -OCH3 is 2. The lowest BCUT2D eigenvalue weighted by Crippen LogP contribution is -2.35. The van der Waals surface area contributed by atoms with E-state index in [1.54, 1.807) is 42.5 Å². The molecule has 1 aliphatic rings. The summed E-state index contributed by atoms with van der Waals surface area (Å²) >= 11 is 0. The fraction of sp³-hybridized carbons (Fsp3) is 0.318. The summed E-state index contributed by atoms with van der Waals surface area (Å²) in [6.45, 7) is 0.749.